The summed E-state index contributed by atoms with van der Waals surface area (Å²) in [6.45, 7) is 6.20. The zero-order valence-electron chi connectivity index (χ0n) is 11.8. The molecular weight excluding hydrogens is 270 g/mol. The SMILES string of the molecule is C=CCN(CC(=O)O)Cc1nc(-c2ccccc2C)no1. The van der Waals surface area contributed by atoms with Crippen LogP contribution in [0.5, 0.6) is 0 Å². The van der Waals surface area contributed by atoms with Crippen LogP contribution in [0, 0.1) is 6.92 Å². The fourth-order valence-corrected chi connectivity index (χ4v) is 2.00. The molecule has 6 heteroatoms. The fourth-order valence-electron chi connectivity index (χ4n) is 2.00. The largest absolute Gasteiger partial charge is 0.480 e. The van der Waals surface area contributed by atoms with Crippen molar-refractivity contribution in [1.82, 2.24) is 15.0 Å². The molecular formula is C15H17N3O3. The molecule has 0 aliphatic heterocycles. The molecule has 1 N–H and O–H groups in total. The number of hydrogen-bond acceptors (Lipinski definition) is 5. The fraction of sp³-hybridized carbons (Fsp3) is 0.267. The second-order valence-corrected chi connectivity index (χ2v) is 4.68. The van der Waals surface area contributed by atoms with E-state index in [2.05, 4.69) is 16.7 Å². The third-order valence-corrected chi connectivity index (χ3v) is 2.96. The molecule has 0 amide bonds. The molecule has 0 spiro atoms. The molecule has 1 heterocycles. The van der Waals surface area contributed by atoms with E-state index < -0.39 is 5.97 Å². The lowest BCUT2D eigenvalue weighted by Crippen LogP contribution is -2.29. The van der Waals surface area contributed by atoms with Gasteiger partial charge in [-0.3, -0.25) is 9.69 Å². The molecule has 0 radical (unpaired) electrons. The number of aryl methyl sites for hydroxylation is 1. The second kappa shape index (κ2) is 6.81. The van der Waals surface area contributed by atoms with E-state index in [-0.39, 0.29) is 13.1 Å². The monoisotopic (exact) mass is 287 g/mol. The van der Waals surface area contributed by atoms with Crippen molar-refractivity contribution in [3.63, 3.8) is 0 Å². The van der Waals surface area contributed by atoms with Gasteiger partial charge in [-0.25, -0.2) is 0 Å². The lowest BCUT2D eigenvalue weighted by atomic mass is 10.1. The highest BCUT2D eigenvalue weighted by molar-refractivity contribution is 5.69. The van der Waals surface area contributed by atoms with Crippen LogP contribution in [0.4, 0.5) is 0 Å². The van der Waals surface area contributed by atoms with Crippen LogP contribution in [0.3, 0.4) is 0 Å². The van der Waals surface area contributed by atoms with Gasteiger partial charge in [-0.2, -0.15) is 4.98 Å². The lowest BCUT2D eigenvalue weighted by molar-refractivity contribution is -0.138. The summed E-state index contributed by atoms with van der Waals surface area (Å²) in [5, 5.41) is 12.8. The van der Waals surface area contributed by atoms with Gasteiger partial charge in [0, 0.05) is 12.1 Å². The third kappa shape index (κ3) is 4.00. The Morgan fingerprint density at radius 3 is 2.90 bits per heavy atom. The van der Waals surface area contributed by atoms with Gasteiger partial charge in [-0.1, -0.05) is 35.5 Å². The average molecular weight is 287 g/mol. The van der Waals surface area contributed by atoms with E-state index in [1.165, 1.54) is 0 Å². The van der Waals surface area contributed by atoms with Crippen molar-refractivity contribution in [2.45, 2.75) is 13.5 Å². The van der Waals surface area contributed by atoms with E-state index in [4.69, 9.17) is 9.63 Å². The Balaban J connectivity index is 2.14. The van der Waals surface area contributed by atoms with Gasteiger partial charge in [0.25, 0.3) is 0 Å². The molecule has 0 unspecified atom stereocenters. The summed E-state index contributed by atoms with van der Waals surface area (Å²) >= 11 is 0. The first-order valence-corrected chi connectivity index (χ1v) is 6.53. The normalized spacial score (nSPS) is 10.8. The Labute approximate surface area is 122 Å². The maximum absolute atomic E-state index is 10.8. The maximum atomic E-state index is 10.8. The molecule has 0 saturated heterocycles. The molecule has 2 rings (SSSR count). The van der Waals surface area contributed by atoms with E-state index in [1.807, 2.05) is 31.2 Å². The van der Waals surface area contributed by atoms with Crippen LogP contribution < -0.4 is 0 Å². The van der Waals surface area contributed by atoms with E-state index in [0.29, 0.717) is 18.3 Å². The zero-order chi connectivity index (χ0) is 15.2. The van der Waals surface area contributed by atoms with Gasteiger partial charge in [0.2, 0.25) is 11.7 Å². The minimum absolute atomic E-state index is 0.103. The number of aliphatic carboxylic acids is 1. The van der Waals surface area contributed by atoms with Crippen molar-refractivity contribution < 1.29 is 14.4 Å². The number of rotatable bonds is 7. The van der Waals surface area contributed by atoms with Crippen LogP contribution in [-0.4, -0.2) is 39.2 Å². The van der Waals surface area contributed by atoms with Gasteiger partial charge in [-0.15, -0.1) is 6.58 Å². The first kappa shape index (κ1) is 14.9. The van der Waals surface area contributed by atoms with Crippen LogP contribution in [0.1, 0.15) is 11.5 Å². The number of aromatic nitrogens is 2. The van der Waals surface area contributed by atoms with Crippen molar-refractivity contribution in [1.29, 1.82) is 0 Å². The smallest absolute Gasteiger partial charge is 0.317 e. The summed E-state index contributed by atoms with van der Waals surface area (Å²) in [5.74, 6) is -0.0103. The Hall–Kier alpha value is -2.47. The zero-order valence-corrected chi connectivity index (χ0v) is 11.8. The Morgan fingerprint density at radius 1 is 1.48 bits per heavy atom. The minimum Gasteiger partial charge on any atom is -0.480 e. The van der Waals surface area contributed by atoms with Gasteiger partial charge in [0.05, 0.1) is 13.1 Å². The first-order valence-electron chi connectivity index (χ1n) is 6.53. The van der Waals surface area contributed by atoms with Crippen molar-refractivity contribution in [3.8, 4) is 11.4 Å². The lowest BCUT2D eigenvalue weighted by Gasteiger charge is -2.15. The Morgan fingerprint density at radius 2 is 2.24 bits per heavy atom. The summed E-state index contributed by atoms with van der Waals surface area (Å²) < 4.78 is 5.20. The van der Waals surface area contributed by atoms with Gasteiger partial charge < -0.3 is 9.63 Å². The third-order valence-electron chi connectivity index (χ3n) is 2.96. The molecule has 0 aliphatic rings. The Bertz CT molecular complexity index is 637. The number of hydrogen-bond donors (Lipinski definition) is 1. The van der Waals surface area contributed by atoms with E-state index in [0.717, 1.165) is 11.1 Å². The minimum atomic E-state index is -0.907. The van der Waals surface area contributed by atoms with Crippen LogP contribution in [0.2, 0.25) is 0 Å². The summed E-state index contributed by atoms with van der Waals surface area (Å²) in [4.78, 5) is 16.8. The standard InChI is InChI=1S/C15H17N3O3/c1-3-8-18(10-14(19)20)9-13-16-15(17-21-13)12-7-5-4-6-11(12)2/h3-7H,1,8-10H2,2H3,(H,19,20). The highest BCUT2D eigenvalue weighted by atomic mass is 16.5. The van der Waals surface area contributed by atoms with Crippen LogP contribution >= 0.6 is 0 Å². The molecule has 1 aromatic heterocycles. The molecule has 0 saturated carbocycles. The van der Waals surface area contributed by atoms with E-state index >= 15 is 0 Å². The molecule has 2 aromatic rings. The number of carboxylic acids is 1. The van der Waals surface area contributed by atoms with Gasteiger partial charge >= 0.3 is 5.97 Å². The van der Waals surface area contributed by atoms with Crippen molar-refractivity contribution in [2.24, 2.45) is 0 Å². The summed E-state index contributed by atoms with van der Waals surface area (Å²) in [7, 11) is 0. The van der Waals surface area contributed by atoms with Gasteiger partial charge in [0.15, 0.2) is 0 Å². The molecule has 0 atom stereocenters. The van der Waals surface area contributed by atoms with Crippen molar-refractivity contribution >= 4 is 5.97 Å². The quantitative estimate of drug-likeness (QED) is 0.786. The molecule has 1 aromatic carbocycles. The maximum Gasteiger partial charge on any atom is 0.317 e. The average Bonchev–Trinajstić information content (AvgIpc) is 2.87. The summed E-state index contributed by atoms with van der Waals surface area (Å²) in [6, 6.07) is 7.74. The summed E-state index contributed by atoms with van der Waals surface area (Å²) in [6.07, 6.45) is 1.64. The molecule has 0 bridgehead atoms. The molecule has 6 nitrogen and oxygen atoms in total. The topological polar surface area (TPSA) is 79.5 Å². The van der Waals surface area contributed by atoms with E-state index in [1.54, 1.807) is 11.0 Å². The predicted molar refractivity (Wildman–Crippen MR) is 77.6 cm³/mol. The Kier molecular flexibility index (Phi) is 4.84. The highest BCUT2D eigenvalue weighted by Gasteiger charge is 2.15. The number of benzene rings is 1. The summed E-state index contributed by atoms with van der Waals surface area (Å²) in [5.41, 5.74) is 1.96. The molecule has 110 valence electrons. The van der Waals surface area contributed by atoms with Crippen molar-refractivity contribution in [2.75, 3.05) is 13.1 Å². The number of carboxylic acid groups (broad SMARTS) is 1. The molecule has 21 heavy (non-hydrogen) atoms. The van der Waals surface area contributed by atoms with Gasteiger partial charge in [0.1, 0.15) is 0 Å². The second-order valence-electron chi connectivity index (χ2n) is 4.68. The van der Waals surface area contributed by atoms with Gasteiger partial charge in [-0.05, 0) is 12.5 Å². The van der Waals surface area contributed by atoms with Crippen LogP contribution in [0.15, 0.2) is 41.4 Å². The highest BCUT2D eigenvalue weighted by Crippen LogP contribution is 2.20. The predicted octanol–water partition coefficient (Wildman–Crippen LogP) is 2.12. The number of nitrogens with zero attached hydrogens (tertiary/aromatic N) is 3. The molecule has 0 fully saturated rings. The van der Waals surface area contributed by atoms with Crippen LogP contribution in [0.25, 0.3) is 11.4 Å². The number of carbonyl (C=O) groups is 1. The van der Waals surface area contributed by atoms with Crippen LogP contribution in [-0.2, 0) is 11.3 Å². The first-order chi connectivity index (χ1) is 10.1. The molecule has 0 aliphatic carbocycles. The van der Waals surface area contributed by atoms with Crippen molar-refractivity contribution in [3.05, 3.63) is 48.4 Å². The van der Waals surface area contributed by atoms with E-state index in [9.17, 15) is 4.79 Å².